The van der Waals surface area contributed by atoms with Crippen LogP contribution in [0.25, 0.3) is 0 Å². The summed E-state index contributed by atoms with van der Waals surface area (Å²) in [6.45, 7) is 0.531. The fourth-order valence-electron chi connectivity index (χ4n) is 4.89. The van der Waals surface area contributed by atoms with Crippen LogP contribution in [-0.2, 0) is 5.60 Å². The molecule has 2 heterocycles. The first-order valence-electron chi connectivity index (χ1n) is 9.73. The predicted molar refractivity (Wildman–Crippen MR) is 103 cm³/mol. The van der Waals surface area contributed by atoms with Crippen molar-refractivity contribution in [3.8, 4) is 5.88 Å². The topological polar surface area (TPSA) is 62.7 Å². The van der Waals surface area contributed by atoms with Crippen molar-refractivity contribution in [2.45, 2.75) is 43.7 Å². The second-order valence-electron chi connectivity index (χ2n) is 7.56. The minimum atomic E-state index is -0.873. The van der Waals surface area contributed by atoms with Crippen LogP contribution in [0.2, 0.25) is 0 Å². The van der Waals surface area contributed by atoms with E-state index in [-0.39, 0.29) is 17.9 Å². The van der Waals surface area contributed by atoms with E-state index in [1.807, 2.05) is 35.2 Å². The lowest BCUT2D eigenvalue weighted by molar-refractivity contribution is -0.110. The number of benzene rings is 1. The molecular weight excluding hydrogens is 340 g/mol. The molecule has 2 aromatic rings. The second-order valence-corrected chi connectivity index (χ2v) is 7.56. The number of hydrogen-bond donors (Lipinski definition) is 1. The summed E-state index contributed by atoms with van der Waals surface area (Å²) in [5, 5.41) is 11.6. The molecule has 27 heavy (non-hydrogen) atoms. The first-order chi connectivity index (χ1) is 13.1. The molecule has 1 aromatic heterocycles. The van der Waals surface area contributed by atoms with Gasteiger partial charge < -0.3 is 14.7 Å². The normalized spacial score (nSPS) is 27.7. The molecule has 1 aliphatic carbocycles. The highest BCUT2D eigenvalue weighted by atomic mass is 16.5. The SMILES string of the molecule is COc1ncccc1C(=O)N1CCC(O)(c2ccccc2)[C@H]2CCCC[C@H]21. The summed E-state index contributed by atoms with van der Waals surface area (Å²) in [6, 6.07) is 13.5. The Bertz CT molecular complexity index is 810. The van der Waals surface area contributed by atoms with E-state index in [1.165, 1.54) is 7.11 Å². The van der Waals surface area contributed by atoms with Gasteiger partial charge in [0.1, 0.15) is 5.56 Å². The number of pyridine rings is 1. The number of carbonyl (C=O) groups excluding carboxylic acids is 1. The molecule has 1 aliphatic heterocycles. The van der Waals surface area contributed by atoms with E-state index in [2.05, 4.69) is 4.98 Å². The van der Waals surface area contributed by atoms with Crippen LogP contribution in [0.5, 0.6) is 5.88 Å². The van der Waals surface area contributed by atoms with Crippen molar-refractivity contribution in [3.05, 3.63) is 59.8 Å². The third kappa shape index (κ3) is 3.10. The van der Waals surface area contributed by atoms with Gasteiger partial charge in [-0.2, -0.15) is 0 Å². The standard InChI is InChI=1S/C22H26N2O3/c1-27-20-17(10-7-14-23-20)21(25)24-15-13-22(26,16-8-3-2-4-9-16)18-11-5-6-12-19(18)24/h2-4,7-10,14,18-19,26H,5-6,11-13,15H2,1H3/t18-,19+,22?/m0/s1. The predicted octanol–water partition coefficient (Wildman–Crippen LogP) is 3.38. The molecule has 142 valence electrons. The van der Waals surface area contributed by atoms with Crippen LogP contribution in [0.3, 0.4) is 0 Å². The zero-order valence-electron chi connectivity index (χ0n) is 15.7. The first-order valence-corrected chi connectivity index (χ1v) is 9.73. The summed E-state index contributed by atoms with van der Waals surface area (Å²) in [5.74, 6) is 0.361. The molecule has 3 atom stereocenters. The van der Waals surface area contributed by atoms with Crippen LogP contribution < -0.4 is 4.74 Å². The molecule has 1 N–H and O–H groups in total. The van der Waals surface area contributed by atoms with Crippen LogP contribution in [0.15, 0.2) is 48.7 Å². The molecule has 1 amide bonds. The van der Waals surface area contributed by atoms with Crippen molar-refractivity contribution in [1.29, 1.82) is 0 Å². The number of rotatable bonds is 3. The lowest BCUT2D eigenvalue weighted by atomic mass is 9.66. The summed E-state index contributed by atoms with van der Waals surface area (Å²) in [5.41, 5.74) is 0.588. The smallest absolute Gasteiger partial charge is 0.259 e. The average Bonchev–Trinajstić information content (AvgIpc) is 2.74. The Morgan fingerprint density at radius 1 is 1.19 bits per heavy atom. The van der Waals surface area contributed by atoms with Gasteiger partial charge in [-0.25, -0.2) is 4.98 Å². The van der Waals surface area contributed by atoms with Gasteiger partial charge in [-0.1, -0.05) is 43.2 Å². The van der Waals surface area contributed by atoms with Crippen molar-refractivity contribution >= 4 is 5.91 Å². The average molecular weight is 366 g/mol. The zero-order chi connectivity index (χ0) is 18.9. The maximum atomic E-state index is 13.3. The van der Waals surface area contributed by atoms with Gasteiger partial charge in [0.2, 0.25) is 5.88 Å². The summed E-state index contributed by atoms with van der Waals surface area (Å²) in [4.78, 5) is 19.4. The van der Waals surface area contributed by atoms with Gasteiger partial charge in [0.15, 0.2) is 0 Å². The van der Waals surface area contributed by atoms with E-state index in [0.717, 1.165) is 31.2 Å². The summed E-state index contributed by atoms with van der Waals surface area (Å²) < 4.78 is 5.30. The fourth-order valence-corrected chi connectivity index (χ4v) is 4.89. The van der Waals surface area contributed by atoms with E-state index in [0.29, 0.717) is 24.4 Å². The van der Waals surface area contributed by atoms with Crippen molar-refractivity contribution in [2.24, 2.45) is 5.92 Å². The van der Waals surface area contributed by atoms with Crippen molar-refractivity contribution in [2.75, 3.05) is 13.7 Å². The Morgan fingerprint density at radius 2 is 1.96 bits per heavy atom. The first kappa shape index (κ1) is 18.0. The van der Waals surface area contributed by atoms with Crippen LogP contribution >= 0.6 is 0 Å². The second kappa shape index (κ2) is 7.31. The van der Waals surface area contributed by atoms with Crippen molar-refractivity contribution in [1.82, 2.24) is 9.88 Å². The highest BCUT2D eigenvalue weighted by Crippen LogP contribution is 2.47. The third-order valence-corrected chi connectivity index (χ3v) is 6.21. The molecule has 2 aliphatic rings. The number of hydrogen-bond acceptors (Lipinski definition) is 4. The van der Waals surface area contributed by atoms with Gasteiger partial charge in [-0.3, -0.25) is 4.79 Å². The number of ether oxygens (including phenoxy) is 1. The monoisotopic (exact) mass is 366 g/mol. The Hall–Kier alpha value is -2.40. The summed E-state index contributed by atoms with van der Waals surface area (Å²) in [6.07, 6.45) is 6.21. The molecule has 0 radical (unpaired) electrons. The van der Waals surface area contributed by atoms with Gasteiger partial charge in [0, 0.05) is 24.7 Å². The minimum Gasteiger partial charge on any atom is -0.480 e. The Morgan fingerprint density at radius 3 is 2.74 bits per heavy atom. The highest BCUT2D eigenvalue weighted by Gasteiger charge is 2.50. The molecule has 1 saturated heterocycles. The van der Waals surface area contributed by atoms with E-state index in [9.17, 15) is 9.90 Å². The van der Waals surface area contributed by atoms with E-state index in [1.54, 1.807) is 18.3 Å². The van der Waals surface area contributed by atoms with Crippen molar-refractivity contribution in [3.63, 3.8) is 0 Å². The lowest BCUT2D eigenvalue weighted by Crippen LogP contribution is -2.59. The molecule has 0 bridgehead atoms. The molecule has 1 unspecified atom stereocenters. The minimum absolute atomic E-state index is 0.0371. The number of aliphatic hydroxyl groups is 1. The Kier molecular flexibility index (Phi) is 4.87. The number of amides is 1. The van der Waals surface area contributed by atoms with Crippen LogP contribution in [0.4, 0.5) is 0 Å². The molecule has 4 rings (SSSR count). The van der Waals surface area contributed by atoms with Gasteiger partial charge >= 0.3 is 0 Å². The molecule has 1 saturated carbocycles. The largest absolute Gasteiger partial charge is 0.480 e. The summed E-state index contributed by atoms with van der Waals surface area (Å²) >= 11 is 0. The zero-order valence-corrected chi connectivity index (χ0v) is 15.7. The Balaban J connectivity index is 1.67. The maximum Gasteiger partial charge on any atom is 0.259 e. The van der Waals surface area contributed by atoms with Gasteiger partial charge in [0.25, 0.3) is 5.91 Å². The Labute approximate surface area is 160 Å². The van der Waals surface area contributed by atoms with Gasteiger partial charge in [0.05, 0.1) is 12.7 Å². The van der Waals surface area contributed by atoms with E-state index >= 15 is 0 Å². The number of aromatic nitrogens is 1. The van der Waals surface area contributed by atoms with Crippen LogP contribution in [0, 0.1) is 5.92 Å². The van der Waals surface area contributed by atoms with Crippen LogP contribution in [-0.4, -0.2) is 40.6 Å². The molecule has 5 heteroatoms. The van der Waals surface area contributed by atoms with E-state index in [4.69, 9.17) is 4.74 Å². The molecule has 1 aromatic carbocycles. The van der Waals surface area contributed by atoms with E-state index < -0.39 is 5.60 Å². The third-order valence-electron chi connectivity index (χ3n) is 6.21. The van der Waals surface area contributed by atoms with Crippen LogP contribution in [0.1, 0.15) is 48.0 Å². The molecule has 0 spiro atoms. The molecular formula is C22H26N2O3. The molecule has 2 fully saturated rings. The number of methoxy groups -OCH3 is 1. The summed E-state index contributed by atoms with van der Waals surface area (Å²) in [7, 11) is 1.53. The van der Waals surface area contributed by atoms with Gasteiger partial charge in [-0.15, -0.1) is 0 Å². The molecule has 5 nitrogen and oxygen atoms in total. The number of carbonyl (C=O) groups is 1. The number of likely N-dealkylation sites (tertiary alicyclic amines) is 1. The fraction of sp³-hybridized carbons (Fsp3) is 0.455. The number of nitrogens with zero attached hydrogens (tertiary/aromatic N) is 2. The lowest BCUT2D eigenvalue weighted by Gasteiger charge is -2.52. The van der Waals surface area contributed by atoms with Gasteiger partial charge in [-0.05, 0) is 37.0 Å². The van der Waals surface area contributed by atoms with Crippen molar-refractivity contribution < 1.29 is 14.6 Å². The maximum absolute atomic E-state index is 13.3. The number of piperidine rings is 1. The highest BCUT2D eigenvalue weighted by molar-refractivity contribution is 5.96. The quantitative estimate of drug-likeness (QED) is 0.905. The number of fused-ring (bicyclic) bond motifs is 1.